The van der Waals surface area contributed by atoms with Crippen LogP contribution in [-0.4, -0.2) is 23.9 Å². The van der Waals surface area contributed by atoms with Crippen molar-refractivity contribution in [2.24, 2.45) is 11.7 Å². The summed E-state index contributed by atoms with van der Waals surface area (Å²) in [4.78, 5) is 12.5. The number of rotatable bonds is 3. The number of nitrogens with zero attached hydrogens (tertiary/aromatic N) is 1. The predicted octanol–water partition coefficient (Wildman–Crippen LogP) is -0.140. The number of hydrazine groups is 1. The molecule has 0 aromatic heterocycles. The monoisotopic (exact) mass is 159 g/mol. The molecule has 1 amide bonds. The standard InChI is InChI=1S/C7H13NO.H4N2/c1-4-7(9)8(5-2)6-3;1-2/h4H,1,5-6H2,2-3H3;1-2H2. The van der Waals surface area contributed by atoms with E-state index in [4.69, 9.17) is 0 Å². The third kappa shape index (κ3) is 5.57. The van der Waals surface area contributed by atoms with Crippen molar-refractivity contribution in [3.63, 3.8) is 0 Å². The van der Waals surface area contributed by atoms with E-state index in [-0.39, 0.29) is 5.91 Å². The Balaban J connectivity index is 0. The highest BCUT2D eigenvalue weighted by Crippen LogP contribution is 1.87. The third-order valence-electron chi connectivity index (χ3n) is 1.25. The average Bonchev–Trinajstić information content (AvgIpc) is 2.10. The molecule has 0 radical (unpaired) electrons. The highest BCUT2D eigenvalue weighted by Gasteiger charge is 2.01. The largest absolute Gasteiger partial charge is 0.340 e. The van der Waals surface area contributed by atoms with Crippen molar-refractivity contribution >= 4 is 5.91 Å². The van der Waals surface area contributed by atoms with Crippen LogP contribution in [0, 0.1) is 0 Å². The zero-order chi connectivity index (χ0) is 9.28. The summed E-state index contributed by atoms with van der Waals surface area (Å²) < 4.78 is 0. The molecule has 0 atom stereocenters. The first kappa shape index (κ1) is 12.8. The number of carbonyl (C=O) groups is 1. The second-order valence-corrected chi connectivity index (χ2v) is 1.71. The van der Waals surface area contributed by atoms with E-state index in [9.17, 15) is 4.79 Å². The lowest BCUT2D eigenvalue weighted by atomic mass is 10.4. The fourth-order valence-corrected chi connectivity index (χ4v) is 0.664. The van der Waals surface area contributed by atoms with E-state index in [0.717, 1.165) is 13.1 Å². The Morgan fingerprint density at radius 2 is 1.82 bits per heavy atom. The van der Waals surface area contributed by atoms with Crippen LogP contribution in [0.15, 0.2) is 12.7 Å². The van der Waals surface area contributed by atoms with Gasteiger partial charge in [-0.15, -0.1) is 0 Å². The molecule has 11 heavy (non-hydrogen) atoms. The zero-order valence-electron chi connectivity index (χ0n) is 7.21. The predicted molar refractivity (Wildman–Crippen MR) is 46.5 cm³/mol. The minimum absolute atomic E-state index is 0.0139. The molecule has 0 bridgehead atoms. The van der Waals surface area contributed by atoms with E-state index in [0.29, 0.717) is 0 Å². The Morgan fingerprint density at radius 3 is 1.91 bits per heavy atom. The topological polar surface area (TPSA) is 72.3 Å². The van der Waals surface area contributed by atoms with Crippen LogP contribution in [0.5, 0.6) is 0 Å². The molecular weight excluding hydrogens is 142 g/mol. The molecule has 0 unspecified atom stereocenters. The SMILES string of the molecule is C=CC(=O)N(CC)CC.NN. The van der Waals surface area contributed by atoms with Gasteiger partial charge in [-0.05, 0) is 19.9 Å². The number of hydrogen-bond donors (Lipinski definition) is 2. The van der Waals surface area contributed by atoms with E-state index < -0.39 is 0 Å². The van der Waals surface area contributed by atoms with Gasteiger partial charge in [-0.25, -0.2) is 0 Å². The molecular formula is C7H17N3O. The van der Waals surface area contributed by atoms with Crippen LogP contribution in [0.2, 0.25) is 0 Å². The molecule has 66 valence electrons. The number of hydrogen-bond acceptors (Lipinski definition) is 3. The molecule has 0 fully saturated rings. The molecule has 0 aromatic carbocycles. The number of likely N-dealkylation sites (N-methyl/N-ethyl adjacent to an activating group) is 1. The van der Waals surface area contributed by atoms with E-state index in [2.05, 4.69) is 18.3 Å². The molecule has 4 nitrogen and oxygen atoms in total. The van der Waals surface area contributed by atoms with Crippen molar-refractivity contribution in [1.29, 1.82) is 0 Å². The van der Waals surface area contributed by atoms with Gasteiger partial charge in [0.15, 0.2) is 0 Å². The van der Waals surface area contributed by atoms with E-state index in [1.807, 2.05) is 13.8 Å². The van der Waals surface area contributed by atoms with Crippen LogP contribution >= 0.6 is 0 Å². The van der Waals surface area contributed by atoms with Crippen LogP contribution < -0.4 is 11.7 Å². The van der Waals surface area contributed by atoms with Crippen molar-refractivity contribution in [2.75, 3.05) is 13.1 Å². The van der Waals surface area contributed by atoms with E-state index in [1.165, 1.54) is 6.08 Å². The quantitative estimate of drug-likeness (QED) is 0.342. The minimum atomic E-state index is 0.0139. The van der Waals surface area contributed by atoms with Crippen molar-refractivity contribution in [1.82, 2.24) is 4.90 Å². The fraction of sp³-hybridized carbons (Fsp3) is 0.571. The van der Waals surface area contributed by atoms with Crippen molar-refractivity contribution in [3.05, 3.63) is 12.7 Å². The maximum atomic E-state index is 10.8. The summed E-state index contributed by atoms with van der Waals surface area (Å²) in [7, 11) is 0. The second-order valence-electron chi connectivity index (χ2n) is 1.71. The van der Waals surface area contributed by atoms with Gasteiger partial charge >= 0.3 is 0 Å². The van der Waals surface area contributed by atoms with Gasteiger partial charge in [0.05, 0.1) is 0 Å². The van der Waals surface area contributed by atoms with Crippen molar-refractivity contribution in [3.8, 4) is 0 Å². The molecule has 4 N–H and O–H groups in total. The summed E-state index contributed by atoms with van der Waals surface area (Å²) in [6, 6.07) is 0. The summed E-state index contributed by atoms with van der Waals surface area (Å²) in [6.45, 7) is 8.82. The Hall–Kier alpha value is -0.870. The molecule has 0 spiro atoms. The van der Waals surface area contributed by atoms with Gasteiger partial charge in [0, 0.05) is 13.1 Å². The number of nitrogens with two attached hydrogens (primary N) is 2. The van der Waals surface area contributed by atoms with Gasteiger partial charge in [0.25, 0.3) is 0 Å². The summed E-state index contributed by atoms with van der Waals surface area (Å²) in [5, 5.41) is 0. The number of carbonyl (C=O) groups excluding carboxylic acids is 1. The van der Waals surface area contributed by atoms with Gasteiger partial charge in [0.2, 0.25) is 5.91 Å². The van der Waals surface area contributed by atoms with Crippen molar-refractivity contribution < 1.29 is 4.79 Å². The lowest BCUT2D eigenvalue weighted by molar-refractivity contribution is -0.125. The molecule has 0 aliphatic rings. The summed E-state index contributed by atoms with van der Waals surface area (Å²) in [6.07, 6.45) is 1.34. The summed E-state index contributed by atoms with van der Waals surface area (Å²) in [5.41, 5.74) is 0. The normalized spacial score (nSPS) is 7.64. The minimum Gasteiger partial charge on any atom is -0.340 e. The van der Waals surface area contributed by atoms with Crippen molar-refractivity contribution in [2.45, 2.75) is 13.8 Å². The first-order valence-corrected chi connectivity index (χ1v) is 3.50. The third-order valence-corrected chi connectivity index (χ3v) is 1.25. The van der Waals surface area contributed by atoms with Gasteiger partial charge < -0.3 is 4.90 Å². The Morgan fingerprint density at radius 1 is 1.45 bits per heavy atom. The fourth-order valence-electron chi connectivity index (χ4n) is 0.664. The molecule has 0 heterocycles. The summed E-state index contributed by atoms with van der Waals surface area (Å²) >= 11 is 0. The maximum Gasteiger partial charge on any atom is 0.245 e. The molecule has 0 aliphatic heterocycles. The second kappa shape index (κ2) is 9.13. The van der Waals surface area contributed by atoms with Gasteiger partial charge in [-0.1, -0.05) is 6.58 Å². The lowest BCUT2D eigenvalue weighted by Crippen LogP contribution is -2.28. The highest BCUT2D eigenvalue weighted by atomic mass is 16.2. The van der Waals surface area contributed by atoms with Gasteiger partial charge in [0.1, 0.15) is 0 Å². The first-order valence-electron chi connectivity index (χ1n) is 3.50. The first-order chi connectivity index (χ1) is 5.26. The lowest BCUT2D eigenvalue weighted by Gasteiger charge is -2.15. The van der Waals surface area contributed by atoms with Crippen LogP contribution in [0.25, 0.3) is 0 Å². The van der Waals surface area contributed by atoms with E-state index in [1.54, 1.807) is 4.90 Å². The molecule has 0 saturated heterocycles. The summed E-state index contributed by atoms with van der Waals surface area (Å²) in [5.74, 6) is 8.01. The molecule has 4 heteroatoms. The maximum absolute atomic E-state index is 10.8. The van der Waals surface area contributed by atoms with Crippen LogP contribution in [-0.2, 0) is 4.79 Å². The van der Waals surface area contributed by atoms with Crippen LogP contribution in [0.3, 0.4) is 0 Å². The highest BCUT2D eigenvalue weighted by molar-refractivity contribution is 5.86. The molecule has 0 aliphatic carbocycles. The van der Waals surface area contributed by atoms with Crippen LogP contribution in [0.4, 0.5) is 0 Å². The molecule has 0 aromatic rings. The van der Waals surface area contributed by atoms with Gasteiger partial charge in [-0.3, -0.25) is 16.5 Å². The smallest absolute Gasteiger partial charge is 0.245 e. The van der Waals surface area contributed by atoms with E-state index >= 15 is 0 Å². The van der Waals surface area contributed by atoms with Crippen LogP contribution in [0.1, 0.15) is 13.8 Å². The molecule has 0 saturated carbocycles. The average molecular weight is 159 g/mol. The Labute approximate surface area is 67.8 Å². The van der Waals surface area contributed by atoms with Gasteiger partial charge in [-0.2, -0.15) is 0 Å². The molecule has 0 rings (SSSR count). The number of amides is 1. The Kier molecular flexibility index (Phi) is 10.6. The zero-order valence-corrected chi connectivity index (χ0v) is 7.21. The Bertz CT molecular complexity index is 110.